The Bertz CT molecular complexity index is 1200. The van der Waals surface area contributed by atoms with Gasteiger partial charge in [0.1, 0.15) is 11.6 Å². The number of amides is 2. The smallest absolute Gasteiger partial charge is 0.259 e. The molecule has 0 saturated heterocycles. The van der Waals surface area contributed by atoms with Crippen LogP contribution in [0.1, 0.15) is 37.4 Å². The number of rotatable bonds is 4. The first-order chi connectivity index (χ1) is 14.9. The van der Waals surface area contributed by atoms with Crippen molar-refractivity contribution in [3.8, 4) is 0 Å². The van der Waals surface area contributed by atoms with Crippen LogP contribution in [0.25, 0.3) is 0 Å². The fourth-order valence-electron chi connectivity index (χ4n) is 3.66. The Labute approximate surface area is 176 Å². The number of pyridine rings is 1. The number of carbonyl (C=O) groups excluding carboxylic acids is 2. The Kier molecular flexibility index (Phi) is 5.46. The molecule has 8 heteroatoms. The predicted octanol–water partition coefficient (Wildman–Crippen LogP) is 3.65. The van der Waals surface area contributed by atoms with E-state index >= 15 is 0 Å². The Morgan fingerprint density at radius 3 is 2.52 bits per heavy atom. The maximum atomic E-state index is 14.2. The summed E-state index contributed by atoms with van der Waals surface area (Å²) in [4.78, 5) is 29.6. The van der Waals surface area contributed by atoms with Crippen molar-refractivity contribution < 1.29 is 22.8 Å². The van der Waals surface area contributed by atoms with Gasteiger partial charge in [-0.25, -0.2) is 18.2 Å². The summed E-state index contributed by atoms with van der Waals surface area (Å²) in [6.07, 6.45) is 1.71. The van der Waals surface area contributed by atoms with Crippen LogP contribution in [-0.4, -0.2) is 30.4 Å². The van der Waals surface area contributed by atoms with E-state index in [-0.39, 0.29) is 17.9 Å². The molecule has 0 saturated carbocycles. The third-order valence-electron chi connectivity index (χ3n) is 5.21. The number of anilines is 1. The van der Waals surface area contributed by atoms with Crippen LogP contribution in [0, 0.1) is 17.5 Å². The van der Waals surface area contributed by atoms with E-state index in [9.17, 15) is 22.8 Å². The summed E-state index contributed by atoms with van der Waals surface area (Å²) in [5.41, 5.74) is 2.56. The van der Waals surface area contributed by atoms with Crippen molar-refractivity contribution in [1.29, 1.82) is 0 Å². The molecule has 0 radical (unpaired) electrons. The maximum absolute atomic E-state index is 14.2. The molecule has 5 nitrogen and oxygen atoms in total. The Hall–Kier alpha value is -3.68. The average Bonchev–Trinajstić information content (AvgIpc) is 2.75. The zero-order valence-electron chi connectivity index (χ0n) is 16.6. The van der Waals surface area contributed by atoms with E-state index in [4.69, 9.17) is 0 Å². The lowest BCUT2D eigenvalue weighted by Crippen LogP contribution is -2.38. The first kappa shape index (κ1) is 20.6. The summed E-state index contributed by atoms with van der Waals surface area (Å²) in [6.45, 7) is 0.229. The molecule has 2 aromatic carbocycles. The molecule has 31 heavy (non-hydrogen) atoms. The lowest BCUT2D eigenvalue weighted by Gasteiger charge is -2.28. The quantitative estimate of drug-likeness (QED) is 0.694. The van der Waals surface area contributed by atoms with Crippen molar-refractivity contribution in [3.63, 3.8) is 0 Å². The van der Waals surface area contributed by atoms with Crippen LogP contribution in [0.3, 0.4) is 0 Å². The SMILES string of the molecule is CNC(=O)c1ccc(Cc2ccc3c(c2)C(=O)N(c2ncc(F)cc2F)CC3)cc1F. The van der Waals surface area contributed by atoms with Gasteiger partial charge in [-0.2, -0.15) is 0 Å². The lowest BCUT2D eigenvalue weighted by atomic mass is 9.94. The molecular formula is C23H18F3N3O2. The largest absolute Gasteiger partial charge is 0.355 e. The minimum atomic E-state index is -0.903. The number of benzene rings is 2. The molecule has 0 fully saturated rings. The number of hydrogen-bond acceptors (Lipinski definition) is 3. The number of hydrogen-bond donors (Lipinski definition) is 1. The molecule has 2 heterocycles. The highest BCUT2D eigenvalue weighted by Gasteiger charge is 2.28. The average molecular weight is 425 g/mol. The Balaban J connectivity index is 1.60. The molecule has 0 aliphatic carbocycles. The second kappa shape index (κ2) is 8.22. The topological polar surface area (TPSA) is 62.3 Å². The molecule has 1 aromatic heterocycles. The van der Waals surface area contributed by atoms with E-state index < -0.39 is 29.3 Å². The highest BCUT2D eigenvalue weighted by molar-refractivity contribution is 6.07. The molecule has 158 valence electrons. The molecule has 1 N–H and O–H groups in total. The zero-order chi connectivity index (χ0) is 22.1. The lowest BCUT2D eigenvalue weighted by molar-refractivity contribution is 0.0956. The van der Waals surface area contributed by atoms with Gasteiger partial charge in [0.2, 0.25) is 0 Å². The van der Waals surface area contributed by atoms with Crippen LogP contribution in [-0.2, 0) is 12.8 Å². The molecule has 0 atom stereocenters. The minimum Gasteiger partial charge on any atom is -0.355 e. The zero-order valence-corrected chi connectivity index (χ0v) is 16.6. The van der Waals surface area contributed by atoms with E-state index in [1.54, 1.807) is 12.1 Å². The van der Waals surface area contributed by atoms with Crippen molar-refractivity contribution in [2.45, 2.75) is 12.8 Å². The summed E-state index contributed by atoms with van der Waals surface area (Å²) >= 11 is 0. The van der Waals surface area contributed by atoms with Gasteiger partial charge in [0.25, 0.3) is 11.8 Å². The molecule has 3 aromatic rings. The number of fused-ring (bicyclic) bond motifs is 1. The van der Waals surface area contributed by atoms with E-state index in [1.807, 2.05) is 12.1 Å². The minimum absolute atomic E-state index is 0.0451. The molecule has 1 aliphatic rings. The number of carbonyl (C=O) groups is 2. The highest BCUT2D eigenvalue weighted by Crippen LogP contribution is 2.27. The maximum Gasteiger partial charge on any atom is 0.259 e. The molecule has 0 unspecified atom stereocenters. The van der Waals surface area contributed by atoms with Gasteiger partial charge < -0.3 is 5.32 Å². The highest BCUT2D eigenvalue weighted by atomic mass is 19.1. The third-order valence-corrected chi connectivity index (χ3v) is 5.21. The van der Waals surface area contributed by atoms with Crippen molar-refractivity contribution in [1.82, 2.24) is 10.3 Å². The van der Waals surface area contributed by atoms with Crippen molar-refractivity contribution in [3.05, 3.63) is 93.9 Å². The van der Waals surface area contributed by atoms with Gasteiger partial charge in [0, 0.05) is 25.2 Å². The predicted molar refractivity (Wildman–Crippen MR) is 109 cm³/mol. The Morgan fingerprint density at radius 2 is 1.81 bits per heavy atom. The van der Waals surface area contributed by atoms with E-state index in [2.05, 4.69) is 10.3 Å². The van der Waals surface area contributed by atoms with Crippen LogP contribution in [0.4, 0.5) is 19.0 Å². The standard InChI is InChI=1S/C23H18F3N3O2/c1-27-22(30)17-5-3-14(10-19(17)25)8-13-2-4-15-6-7-29(23(31)18(15)9-13)21-20(26)11-16(24)12-28-21/h2-5,9-12H,6-8H2,1H3,(H,27,30). The summed E-state index contributed by atoms with van der Waals surface area (Å²) < 4.78 is 41.6. The van der Waals surface area contributed by atoms with Gasteiger partial charge in [-0.15, -0.1) is 0 Å². The normalized spacial score (nSPS) is 13.2. The van der Waals surface area contributed by atoms with Crippen LogP contribution in [0.2, 0.25) is 0 Å². The summed E-state index contributed by atoms with van der Waals surface area (Å²) in [5.74, 6) is -3.50. The summed E-state index contributed by atoms with van der Waals surface area (Å²) in [7, 11) is 1.43. The number of halogens is 3. The molecule has 4 rings (SSSR count). The van der Waals surface area contributed by atoms with Crippen LogP contribution < -0.4 is 10.2 Å². The van der Waals surface area contributed by atoms with Crippen LogP contribution >= 0.6 is 0 Å². The number of nitrogens with zero attached hydrogens (tertiary/aromatic N) is 2. The van der Waals surface area contributed by atoms with Gasteiger partial charge in [-0.1, -0.05) is 18.2 Å². The Morgan fingerprint density at radius 1 is 1.06 bits per heavy atom. The second-order valence-electron chi connectivity index (χ2n) is 7.23. The molecule has 2 amide bonds. The monoisotopic (exact) mass is 425 g/mol. The van der Waals surface area contributed by atoms with Crippen molar-refractivity contribution in [2.24, 2.45) is 0 Å². The number of aromatic nitrogens is 1. The van der Waals surface area contributed by atoms with Gasteiger partial charge in [-0.3, -0.25) is 14.5 Å². The fraction of sp³-hybridized carbons (Fsp3) is 0.174. The first-order valence-electron chi connectivity index (χ1n) is 9.62. The van der Waals surface area contributed by atoms with E-state index in [1.165, 1.54) is 24.1 Å². The van der Waals surface area contributed by atoms with E-state index in [0.29, 0.717) is 30.0 Å². The van der Waals surface area contributed by atoms with Gasteiger partial charge in [0.15, 0.2) is 11.6 Å². The summed E-state index contributed by atoms with van der Waals surface area (Å²) in [5, 5.41) is 2.38. The molecule has 0 spiro atoms. The molecular weight excluding hydrogens is 407 g/mol. The molecule has 1 aliphatic heterocycles. The first-order valence-corrected chi connectivity index (χ1v) is 9.62. The van der Waals surface area contributed by atoms with E-state index in [0.717, 1.165) is 17.3 Å². The van der Waals surface area contributed by atoms with Crippen LogP contribution in [0.15, 0.2) is 48.7 Å². The fourth-order valence-corrected chi connectivity index (χ4v) is 3.66. The summed E-state index contributed by atoms with van der Waals surface area (Å²) in [6, 6.07) is 10.4. The second-order valence-corrected chi connectivity index (χ2v) is 7.23. The molecule has 0 bridgehead atoms. The van der Waals surface area contributed by atoms with Crippen molar-refractivity contribution >= 4 is 17.6 Å². The number of nitrogens with one attached hydrogen (secondary N) is 1. The van der Waals surface area contributed by atoms with Crippen LogP contribution in [0.5, 0.6) is 0 Å². The van der Waals surface area contributed by atoms with Gasteiger partial charge >= 0.3 is 0 Å². The third kappa shape index (κ3) is 4.01. The van der Waals surface area contributed by atoms with Gasteiger partial charge in [-0.05, 0) is 47.7 Å². The van der Waals surface area contributed by atoms with Gasteiger partial charge in [0.05, 0.1) is 11.8 Å². The van der Waals surface area contributed by atoms with Crippen molar-refractivity contribution in [2.75, 3.05) is 18.5 Å².